The van der Waals surface area contributed by atoms with Crippen LogP contribution in [0.5, 0.6) is 5.75 Å². The maximum absolute atomic E-state index is 11.0. The van der Waals surface area contributed by atoms with Crippen LogP contribution >= 0.6 is 0 Å². The summed E-state index contributed by atoms with van der Waals surface area (Å²) < 4.78 is 28.9. The Balaban J connectivity index is 3.19. The molecule has 16 heavy (non-hydrogen) atoms. The van der Waals surface area contributed by atoms with E-state index in [1.54, 1.807) is 0 Å². The summed E-state index contributed by atoms with van der Waals surface area (Å²) in [4.78, 5) is 9.93. The van der Waals surface area contributed by atoms with Gasteiger partial charge in [0.2, 0.25) is 10.0 Å². The SMILES string of the molecule is COc1cc(NS(C)(=O)=O)cc([N+](=O)[O-])c1. The Labute approximate surface area is 92.2 Å². The van der Waals surface area contributed by atoms with E-state index in [1.165, 1.54) is 19.2 Å². The molecule has 0 atom stereocenters. The van der Waals surface area contributed by atoms with Gasteiger partial charge < -0.3 is 4.74 Å². The molecule has 0 radical (unpaired) electrons. The molecule has 1 N–H and O–H groups in total. The van der Waals surface area contributed by atoms with Crippen molar-refractivity contribution in [2.45, 2.75) is 0 Å². The fraction of sp³-hybridized carbons (Fsp3) is 0.250. The van der Waals surface area contributed by atoms with E-state index in [1.807, 2.05) is 0 Å². The second kappa shape index (κ2) is 4.35. The van der Waals surface area contributed by atoms with Crippen LogP contribution in [-0.4, -0.2) is 26.7 Å². The van der Waals surface area contributed by atoms with Gasteiger partial charge >= 0.3 is 0 Å². The van der Waals surface area contributed by atoms with Crippen molar-refractivity contribution in [1.29, 1.82) is 0 Å². The molecule has 7 nitrogen and oxygen atoms in total. The van der Waals surface area contributed by atoms with Crippen molar-refractivity contribution in [2.24, 2.45) is 0 Å². The van der Waals surface area contributed by atoms with Crippen LogP contribution in [0.2, 0.25) is 0 Å². The predicted octanol–water partition coefficient (Wildman–Crippen LogP) is 0.975. The van der Waals surface area contributed by atoms with Gasteiger partial charge in [-0.15, -0.1) is 0 Å². The maximum atomic E-state index is 11.0. The lowest BCUT2D eigenvalue weighted by Gasteiger charge is -2.06. The van der Waals surface area contributed by atoms with E-state index in [-0.39, 0.29) is 17.1 Å². The molecule has 0 saturated heterocycles. The molecule has 0 spiro atoms. The van der Waals surface area contributed by atoms with E-state index in [0.717, 1.165) is 12.3 Å². The third-order valence-corrected chi connectivity index (χ3v) is 2.25. The molecule has 0 saturated carbocycles. The minimum absolute atomic E-state index is 0.0913. The second-order valence-corrected chi connectivity index (χ2v) is 4.80. The largest absolute Gasteiger partial charge is 0.496 e. The number of nitrogens with zero attached hydrogens (tertiary/aromatic N) is 1. The molecule has 0 bridgehead atoms. The van der Waals surface area contributed by atoms with Crippen LogP contribution in [0.15, 0.2) is 18.2 Å². The van der Waals surface area contributed by atoms with Crippen LogP contribution in [0.25, 0.3) is 0 Å². The first-order chi connectivity index (χ1) is 7.31. The number of hydrogen-bond donors (Lipinski definition) is 1. The zero-order chi connectivity index (χ0) is 12.3. The molecule has 0 amide bonds. The molecular weight excluding hydrogens is 236 g/mol. The second-order valence-electron chi connectivity index (χ2n) is 3.05. The maximum Gasteiger partial charge on any atom is 0.275 e. The zero-order valence-electron chi connectivity index (χ0n) is 8.63. The number of methoxy groups -OCH3 is 1. The molecule has 1 rings (SSSR count). The lowest BCUT2D eigenvalue weighted by Crippen LogP contribution is -2.09. The van der Waals surface area contributed by atoms with Crippen molar-refractivity contribution in [3.05, 3.63) is 28.3 Å². The summed E-state index contributed by atoms with van der Waals surface area (Å²) >= 11 is 0. The van der Waals surface area contributed by atoms with Gasteiger partial charge in [-0.25, -0.2) is 8.42 Å². The van der Waals surface area contributed by atoms with Gasteiger partial charge in [0.25, 0.3) is 5.69 Å². The first-order valence-corrected chi connectivity index (χ1v) is 6.02. The summed E-state index contributed by atoms with van der Waals surface area (Å²) in [7, 11) is -2.14. The van der Waals surface area contributed by atoms with Gasteiger partial charge in [-0.3, -0.25) is 14.8 Å². The van der Waals surface area contributed by atoms with Gasteiger partial charge in [-0.1, -0.05) is 0 Å². The van der Waals surface area contributed by atoms with Crippen molar-refractivity contribution in [3.63, 3.8) is 0 Å². The Morgan fingerprint density at radius 2 is 2.00 bits per heavy atom. The van der Waals surface area contributed by atoms with Crippen LogP contribution < -0.4 is 9.46 Å². The van der Waals surface area contributed by atoms with E-state index in [0.29, 0.717) is 0 Å². The summed E-state index contributed by atoms with van der Waals surface area (Å²) in [5.74, 6) is 0.209. The molecule has 1 aromatic rings. The number of rotatable bonds is 4. The molecule has 0 aliphatic carbocycles. The number of nitrogens with one attached hydrogen (secondary N) is 1. The van der Waals surface area contributed by atoms with Crippen molar-refractivity contribution in [3.8, 4) is 5.75 Å². The molecule has 88 valence electrons. The Bertz CT molecular complexity index is 511. The van der Waals surface area contributed by atoms with Gasteiger partial charge in [-0.05, 0) is 0 Å². The standard InChI is InChI=1S/C8H10N2O5S/c1-15-8-4-6(9-16(2,13)14)3-7(5-8)10(11)12/h3-5,9H,1-2H3. The van der Waals surface area contributed by atoms with Crippen LogP contribution in [0.4, 0.5) is 11.4 Å². The van der Waals surface area contributed by atoms with Crippen LogP contribution in [0.3, 0.4) is 0 Å². The van der Waals surface area contributed by atoms with E-state index in [2.05, 4.69) is 4.72 Å². The normalized spacial score (nSPS) is 10.9. The minimum atomic E-state index is -3.47. The van der Waals surface area contributed by atoms with Gasteiger partial charge in [0.05, 0.1) is 30.0 Å². The number of non-ortho nitro benzene ring substituents is 1. The number of nitro benzene ring substituents is 1. The van der Waals surface area contributed by atoms with Crippen molar-refractivity contribution < 1.29 is 18.1 Å². The van der Waals surface area contributed by atoms with E-state index in [4.69, 9.17) is 4.74 Å². The summed E-state index contributed by atoms with van der Waals surface area (Å²) in [5, 5.41) is 10.6. The number of ether oxygens (including phenoxy) is 1. The molecule has 0 fully saturated rings. The number of benzene rings is 1. The van der Waals surface area contributed by atoms with Gasteiger partial charge in [0.15, 0.2) is 0 Å². The highest BCUT2D eigenvalue weighted by Gasteiger charge is 2.12. The number of sulfonamides is 1. The fourth-order valence-electron chi connectivity index (χ4n) is 1.08. The fourth-order valence-corrected chi connectivity index (χ4v) is 1.63. The molecule has 0 aliphatic rings. The van der Waals surface area contributed by atoms with Gasteiger partial charge in [0.1, 0.15) is 5.75 Å². The highest BCUT2D eigenvalue weighted by atomic mass is 32.2. The van der Waals surface area contributed by atoms with Crippen molar-refractivity contribution in [2.75, 3.05) is 18.1 Å². The van der Waals surface area contributed by atoms with Crippen molar-refractivity contribution in [1.82, 2.24) is 0 Å². The lowest BCUT2D eigenvalue weighted by molar-refractivity contribution is -0.384. The number of nitro groups is 1. The zero-order valence-corrected chi connectivity index (χ0v) is 9.45. The Kier molecular flexibility index (Phi) is 3.33. The first-order valence-electron chi connectivity index (χ1n) is 4.13. The molecule has 1 aromatic carbocycles. The lowest BCUT2D eigenvalue weighted by atomic mass is 10.2. The Hall–Kier alpha value is -1.83. The molecular formula is C8H10N2O5S. The van der Waals surface area contributed by atoms with Crippen LogP contribution in [-0.2, 0) is 10.0 Å². The van der Waals surface area contributed by atoms with E-state index in [9.17, 15) is 18.5 Å². The molecule has 0 aromatic heterocycles. The third kappa shape index (κ3) is 3.39. The average molecular weight is 246 g/mol. The first kappa shape index (κ1) is 12.2. The number of anilines is 1. The van der Waals surface area contributed by atoms with Crippen LogP contribution in [0, 0.1) is 10.1 Å². The highest BCUT2D eigenvalue weighted by Crippen LogP contribution is 2.26. The third-order valence-electron chi connectivity index (χ3n) is 1.64. The summed E-state index contributed by atoms with van der Waals surface area (Å²) in [5.41, 5.74) is -0.154. The van der Waals surface area contributed by atoms with Crippen molar-refractivity contribution >= 4 is 21.4 Å². The van der Waals surface area contributed by atoms with E-state index >= 15 is 0 Å². The highest BCUT2D eigenvalue weighted by molar-refractivity contribution is 7.92. The summed E-state index contributed by atoms with van der Waals surface area (Å²) in [6.07, 6.45) is 0.957. The number of hydrogen-bond acceptors (Lipinski definition) is 5. The smallest absolute Gasteiger partial charge is 0.275 e. The predicted molar refractivity (Wildman–Crippen MR) is 58.1 cm³/mol. The van der Waals surface area contributed by atoms with Crippen LogP contribution in [0.1, 0.15) is 0 Å². The Morgan fingerprint density at radius 1 is 1.38 bits per heavy atom. The van der Waals surface area contributed by atoms with Gasteiger partial charge in [-0.2, -0.15) is 0 Å². The quantitative estimate of drug-likeness (QED) is 0.630. The Morgan fingerprint density at radius 3 is 2.44 bits per heavy atom. The molecule has 8 heteroatoms. The molecule has 0 unspecified atom stereocenters. The molecule has 0 heterocycles. The summed E-state index contributed by atoms with van der Waals surface area (Å²) in [6, 6.07) is 3.67. The van der Waals surface area contributed by atoms with E-state index < -0.39 is 14.9 Å². The monoisotopic (exact) mass is 246 g/mol. The summed E-state index contributed by atoms with van der Waals surface area (Å²) in [6.45, 7) is 0. The molecule has 0 aliphatic heterocycles. The van der Waals surface area contributed by atoms with Gasteiger partial charge in [0, 0.05) is 12.1 Å². The average Bonchev–Trinajstić information content (AvgIpc) is 2.14. The topological polar surface area (TPSA) is 98.5 Å². The minimum Gasteiger partial charge on any atom is -0.496 e.